The van der Waals surface area contributed by atoms with Crippen LogP contribution in [0.25, 0.3) is 5.69 Å². The second kappa shape index (κ2) is 6.51. The number of amides is 1. The first-order valence-electron chi connectivity index (χ1n) is 8.02. The zero-order valence-electron chi connectivity index (χ0n) is 14.0. The van der Waals surface area contributed by atoms with Crippen LogP contribution in [0.15, 0.2) is 30.5 Å². The van der Waals surface area contributed by atoms with Gasteiger partial charge in [-0.3, -0.25) is 4.79 Å². The molecule has 1 atom stereocenters. The minimum Gasteiger partial charge on any atom is -0.336 e. The summed E-state index contributed by atoms with van der Waals surface area (Å²) in [6.07, 6.45) is -3.00. The van der Waals surface area contributed by atoms with Crippen LogP contribution in [0.5, 0.6) is 0 Å². The van der Waals surface area contributed by atoms with Gasteiger partial charge in [0.05, 0.1) is 28.7 Å². The van der Waals surface area contributed by atoms with Crippen LogP contribution in [-0.2, 0) is 6.18 Å². The number of hydrogen-bond acceptors (Lipinski definition) is 3. The molecule has 0 aliphatic carbocycles. The van der Waals surface area contributed by atoms with Gasteiger partial charge in [0.1, 0.15) is 0 Å². The first-order chi connectivity index (χ1) is 11.8. The van der Waals surface area contributed by atoms with Crippen molar-refractivity contribution in [3.05, 3.63) is 47.3 Å². The van der Waals surface area contributed by atoms with Gasteiger partial charge in [-0.15, -0.1) is 0 Å². The number of piperazine rings is 1. The standard InChI is InChI=1S/C17H19F3N4O/c1-11-10-23(7-6-21-11)16(25)15-9-22-24(12(15)2)14-5-3-4-13(8-14)17(18,19)20/h3-5,8-9,11,21H,6-7,10H2,1-2H3/t11-/m0/s1. The minimum absolute atomic E-state index is 0.149. The summed E-state index contributed by atoms with van der Waals surface area (Å²) in [5, 5.41) is 7.39. The summed E-state index contributed by atoms with van der Waals surface area (Å²) in [6, 6.07) is 5.11. The largest absolute Gasteiger partial charge is 0.416 e. The van der Waals surface area contributed by atoms with Crippen LogP contribution in [0.3, 0.4) is 0 Å². The number of carbonyl (C=O) groups is 1. The summed E-state index contributed by atoms with van der Waals surface area (Å²) in [4.78, 5) is 14.4. The van der Waals surface area contributed by atoms with E-state index in [-0.39, 0.29) is 17.6 Å². The molecular weight excluding hydrogens is 333 g/mol. The Labute approximate surface area is 143 Å². The van der Waals surface area contributed by atoms with E-state index < -0.39 is 11.7 Å². The van der Waals surface area contributed by atoms with Crippen LogP contribution in [0.1, 0.15) is 28.5 Å². The lowest BCUT2D eigenvalue weighted by atomic mass is 10.1. The molecular formula is C17H19F3N4O. The Hall–Kier alpha value is -2.35. The average Bonchev–Trinajstić information content (AvgIpc) is 2.95. The van der Waals surface area contributed by atoms with E-state index in [2.05, 4.69) is 10.4 Å². The van der Waals surface area contributed by atoms with Gasteiger partial charge in [0, 0.05) is 25.7 Å². The number of carbonyl (C=O) groups excluding carboxylic acids is 1. The molecule has 2 aromatic rings. The number of nitrogens with one attached hydrogen (secondary N) is 1. The second-order valence-corrected chi connectivity index (χ2v) is 6.21. The molecule has 3 rings (SSSR count). The quantitative estimate of drug-likeness (QED) is 0.904. The summed E-state index contributed by atoms with van der Waals surface area (Å²) < 4.78 is 40.1. The van der Waals surface area contributed by atoms with Crippen LogP contribution < -0.4 is 5.32 Å². The van der Waals surface area contributed by atoms with Crippen molar-refractivity contribution in [1.29, 1.82) is 0 Å². The normalized spacial score (nSPS) is 18.4. The molecule has 0 saturated carbocycles. The van der Waals surface area contributed by atoms with E-state index in [9.17, 15) is 18.0 Å². The number of halogens is 3. The predicted octanol–water partition coefficient (Wildman–Crippen LogP) is 2.63. The molecule has 1 aromatic carbocycles. The van der Waals surface area contributed by atoms with Crippen LogP contribution in [0, 0.1) is 6.92 Å². The van der Waals surface area contributed by atoms with Crippen LogP contribution in [-0.4, -0.2) is 46.3 Å². The van der Waals surface area contributed by atoms with E-state index in [0.29, 0.717) is 30.9 Å². The van der Waals surface area contributed by atoms with Crippen molar-refractivity contribution >= 4 is 5.91 Å². The molecule has 0 bridgehead atoms. The lowest BCUT2D eigenvalue weighted by Gasteiger charge is -2.31. The SMILES string of the molecule is Cc1c(C(=O)N2CCN[C@@H](C)C2)cnn1-c1cccc(C(F)(F)F)c1. The number of aromatic nitrogens is 2. The number of benzene rings is 1. The Balaban J connectivity index is 1.90. The van der Waals surface area contributed by atoms with Gasteiger partial charge in [-0.1, -0.05) is 6.07 Å². The summed E-state index contributed by atoms with van der Waals surface area (Å²) in [6.45, 7) is 5.59. The summed E-state index contributed by atoms with van der Waals surface area (Å²) >= 11 is 0. The second-order valence-electron chi connectivity index (χ2n) is 6.21. The minimum atomic E-state index is -4.42. The van der Waals surface area contributed by atoms with Crippen LogP contribution in [0.4, 0.5) is 13.2 Å². The van der Waals surface area contributed by atoms with E-state index in [1.807, 2.05) is 6.92 Å². The third-order valence-corrected chi connectivity index (χ3v) is 4.31. The Morgan fingerprint density at radius 1 is 1.36 bits per heavy atom. The third kappa shape index (κ3) is 3.53. The molecule has 1 amide bonds. The fourth-order valence-electron chi connectivity index (χ4n) is 2.98. The molecule has 0 unspecified atom stereocenters. The molecule has 1 aliphatic rings. The van der Waals surface area contributed by atoms with Gasteiger partial charge in [0.15, 0.2) is 0 Å². The summed E-state index contributed by atoms with van der Waals surface area (Å²) in [7, 11) is 0. The van der Waals surface area contributed by atoms with Gasteiger partial charge in [-0.2, -0.15) is 18.3 Å². The average molecular weight is 352 g/mol. The maximum atomic E-state index is 12.9. The highest BCUT2D eigenvalue weighted by molar-refractivity contribution is 5.95. The molecule has 2 heterocycles. The summed E-state index contributed by atoms with van der Waals surface area (Å²) in [5.41, 5.74) is 0.464. The lowest BCUT2D eigenvalue weighted by Crippen LogP contribution is -2.51. The van der Waals surface area contributed by atoms with Crippen LogP contribution in [0.2, 0.25) is 0 Å². The number of rotatable bonds is 2. The topological polar surface area (TPSA) is 50.2 Å². The Morgan fingerprint density at radius 2 is 2.12 bits per heavy atom. The zero-order valence-corrected chi connectivity index (χ0v) is 14.0. The highest BCUT2D eigenvalue weighted by Gasteiger charge is 2.31. The highest BCUT2D eigenvalue weighted by Crippen LogP contribution is 2.30. The fraction of sp³-hybridized carbons (Fsp3) is 0.412. The molecule has 1 N–H and O–H groups in total. The molecule has 0 radical (unpaired) electrons. The smallest absolute Gasteiger partial charge is 0.336 e. The van der Waals surface area contributed by atoms with E-state index in [1.54, 1.807) is 11.8 Å². The first kappa shape index (κ1) is 17.5. The van der Waals surface area contributed by atoms with E-state index in [0.717, 1.165) is 12.1 Å². The highest BCUT2D eigenvalue weighted by atomic mass is 19.4. The lowest BCUT2D eigenvalue weighted by molar-refractivity contribution is -0.137. The van der Waals surface area contributed by atoms with Gasteiger partial charge in [-0.05, 0) is 32.0 Å². The Morgan fingerprint density at radius 3 is 2.80 bits per heavy atom. The van der Waals surface area contributed by atoms with E-state index >= 15 is 0 Å². The maximum absolute atomic E-state index is 12.9. The molecule has 134 valence electrons. The van der Waals surface area contributed by atoms with Crippen molar-refractivity contribution in [3.8, 4) is 5.69 Å². The number of nitrogens with zero attached hydrogens (tertiary/aromatic N) is 3. The summed E-state index contributed by atoms with van der Waals surface area (Å²) in [5.74, 6) is -0.149. The molecule has 1 fully saturated rings. The Kier molecular flexibility index (Phi) is 4.55. The van der Waals surface area contributed by atoms with Gasteiger partial charge in [-0.25, -0.2) is 4.68 Å². The zero-order chi connectivity index (χ0) is 18.2. The Bertz CT molecular complexity index is 784. The van der Waals surface area contributed by atoms with Crippen molar-refractivity contribution in [3.63, 3.8) is 0 Å². The molecule has 1 saturated heterocycles. The van der Waals surface area contributed by atoms with E-state index in [1.165, 1.54) is 23.0 Å². The van der Waals surface area contributed by atoms with Gasteiger partial charge >= 0.3 is 6.18 Å². The van der Waals surface area contributed by atoms with Crippen molar-refractivity contribution in [2.75, 3.05) is 19.6 Å². The van der Waals surface area contributed by atoms with Crippen molar-refractivity contribution in [2.24, 2.45) is 0 Å². The molecule has 1 aliphatic heterocycles. The fourth-order valence-corrected chi connectivity index (χ4v) is 2.98. The number of hydrogen-bond donors (Lipinski definition) is 1. The monoisotopic (exact) mass is 352 g/mol. The molecule has 1 aromatic heterocycles. The maximum Gasteiger partial charge on any atom is 0.416 e. The number of alkyl halides is 3. The third-order valence-electron chi connectivity index (χ3n) is 4.31. The van der Waals surface area contributed by atoms with Gasteiger partial charge in [0.2, 0.25) is 0 Å². The molecule has 5 nitrogen and oxygen atoms in total. The van der Waals surface area contributed by atoms with E-state index in [4.69, 9.17) is 0 Å². The van der Waals surface area contributed by atoms with Crippen molar-refractivity contribution < 1.29 is 18.0 Å². The molecule has 25 heavy (non-hydrogen) atoms. The molecule has 8 heteroatoms. The first-order valence-corrected chi connectivity index (χ1v) is 8.02. The van der Waals surface area contributed by atoms with Gasteiger partial charge in [0.25, 0.3) is 5.91 Å². The van der Waals surface area contributed by atoms with Crippen molar-refractivity contribution in [1.82, 2.24) is 20.0 Å². The van der Waals surface area contributed by atoms with Crippen LogP contribution >= 0.6 is 0 Å². The van der Waals surface area contributed by atoms with Crippen molar-refractivity contribution in [2.45, 2.75) is 26.1 Å². The predicted molar refractivity (Wildman–Crippen MR) is 86.7 cm³/mol. The van der Waals surface area contributed by atoms with Gasteiger partial charge < -0.3 is 10.2 Å². The molecule has 0 spiro atoms.